The Morgan fingerprint density at radius 1 is 1.29 bits per heavy atom. The lowest BCUT2D eigenvalue weighted by Crippen LogP contribution is -2.47. The molecule has 0 bridgehead atoms. The fraction of sp³-hybridized carbons (Fsp3) is 0.667. The second-order valence-electron chi connectivity index (χ2n) is 6.65. The van der Waals surface area contributed by atoms with Gasteiger partial charge in [-0.3, -0.25) is 4.90 Å². The molecule has 1 aromatic rings. The van der Waals surface area contributed by atoms with Gasteiger partial charge in [0.05, 0.1) is 0 Å². The highest BCUT2D eigenvalue weighted by Gasteiger charge is 2.44. The number of rotatable bonds is 3. The van der Waals surface area contributed by atoms with Crippen LogP contribution >= 0.6 is 0 Å². The Hall–Kier alpha value is -1.06. The standard InChI is InChI=1S/C18H28N2O/c1-5-20(6-2)15-11-18(7-8-19-12-18)21-16-10-13(3)9-14(4)17(15)16/h9-10,15,19H,5-8,11-12H2,1-4H3. The second kappa shape index (κ2) is 5.62. The van der Waals surface area contributed by atoms with Crippen LogP contribution in [0.15, 0.2) is 12.1 Å². The first-order chi connectivity index (χ1) is 10.1. The van der Waals surface area contributed by atoms with Gasteiger partial charge in [0.1, 0.15) is 11.4 Å². The van der Waals surface area contributed by atoms with E-state index in [1.165, 1.54) is 16.7 Å². The molecule has 1 spiro atoms. The smallest absolute Gasteiger partial charge is 0.125 e. The summed E-state index contributed by atoms with van der Waals surface area (Å²) >= 11 is 0. The van der Waals surface area contributed by atoms with Gasteiger partial charge < -0.3 is 10.1 Å². The van der Waals surface area contributed by atoms with Crippen molar-refractivity contribution in [1.82, 2.24) is 10.2 Å². The minimum atomic E-state index is 0.000486. The molecule has 2 aliphatic heterocycles. The molecule has 3 rings (SSSR count). The van der Waals surface area contributed by atoms with Gasteiger partial charge in [0.2, 0.25) is 0 Å². The zero-order chi connectivity index (χ0) is 15.0. The maximum Gasteiger partial charge on any atom is 0.125 e. The Balaban J connectivity index is 2.07. The molecule has 0 aliphatic carbocycles. The summed E-state index contributed by atoms with van der Waals surface area (Å²) in [5, 5.41) is 3.49. The third-order valence-corrected chi connectivity index (χ3v) is 5.18. The first-order valence-electron chi connectivity index (χ1n) is 8.33. The molecule has 2 heterocycles. The zero-order valence-electron chi connectivity index (χ0n) is 13.8. The number of fused-ring (bicyclic) bond motifs is 1. The molecule has 1 saturated heterocycles. The topological polar surface area (TPSA) is 24.5 Å². The third-order valence-electron chi connectivity index (χ3n) is 5.18. The maximum absolute atomic E-state index is 6.52. The highest BCUT2D eigenvalue weighted by Crippen LogP contribution is 2.46. The highest BCUT2D eigenvalue weighted by atomic mass is 16.5. The van der Waals surface area contributed by atoms with Gasteiger partial charge in [0, 0.05) is 31.0 Å². The molecule has 0 saturated carbocycles. The minimum absolute atomic E-state index is 0.000486. The number of nitrogens with one attached hydrogen (secondary N) is 1. The van der Waals surface area contributed by atoms with Crippen molar-refractivity contribution >= 4 is 0 Å². The first kappa shape index (κ1) is 14.9. The first-order valence-corrected chi connectivity index (χ1v) is 8.33. The molecular weight excluding hydrogens is 260 g/mol. The van der Waals surface area contributed by atoms with Crippen molar-refractivity contribution in [3.63, 3.8) is 0 Å². The fourth-order valence-corrected chi connectivity index (χ4v) is 4.14. The molecule has 0 radical (unpaired) electrons. The van der Waals surface area contributed by atoms with Gasteiger partial charge in [-0.05, 0) is 50.7 Å². The summed E-state index contributed by atoms with van der Waals surface area (Å²) in [6, 6.07) is 5.02. The largest absolute Gasteiger partial charge is 0.485 e. The molecule has 1 aromatic carbocycles. The average Bonchev–Trinajstić information content (AvgIpc) is 2.86. The Bertz CT molecular complexity index is 516. The molecule has 116 valence electrons. The predicted molar refractivity (Wildman–Crippen MR) is 87.0 cm³/mol. The Morgan fingerprint density at radius 3 is 2.67 bits per heavy atom. The molecule has 21 heavy (non-hydrogen) atoms. The number of nitrogens with zero attached hydrogens (tertiary/aromatic N) is 1. The summed E-state index contributed by atoms with van der Waals surface area (Å²) in [5.74, 6) is 1.12. The van der Waals surface area contributed by atoms with E-state index in [0.29, 0.717) is 6.04 Å². The van der Waals surface area contributed by atoms with Crippen molar-refractivity contribution in [3.05, 3.63) is 28.8 Å². The van der Waals surface area contributed by atoms with Crippen LogP contribution in [0.25, 0.3) is 0 Å². The van der Waals surface area contributed by atoms with Gasteiger partial charge in [-0.1, -0.05) is 19.9 Å². The van der Waals surface area contributed by atoms with E-state index in [-0.39, 0.29) is 5.60 Å². The van der Waals surface area contributed by atoms with E-state index in [0.717, 1.165) is 44.8 Å². The van der Waals surface area contributed by atoms with Crippen molar-refractivity contribution in [2.45, 2.75) is 52.2 Å². The van der Waals surface area contributed by atoms with Crippen molar-refractivity contribution in [2.24, 2.45) is 0 Å². The predicted octanol–water partition coefficient (Wildman–Crippen LogP) is 3.20. The summed E-state index contributed by atoms with van der Waals surface area (Å²) in [6.45, 7) is 13.2. The SMILES string of the molecule is CCN(CC)C1CC2(CCNC2)Oc2cc(C)cc(C)c21. The van der Waals surface area contributed by atoms with Crippen LogP contribution in [-0.4, -0.2) is 36.7 Å². The highest BCUT2D eigenvalue weighted by molar-refractivity contribution is 5.47. The summed E-state index contributed by atoms with van der Waals surface area (Å²) in [6.07, 6.45) is 2.23. The van der Waals surface area contributed by atoms with Gasteiger partial charge >= 0.3 is 0 Å². The van der Waals surface area contributed by atoms with Gasteiger partial charge in [-0.2, -0.15) is 0 Å². The molecule has 1 N–H and O–H groups in total. The van der Waals surface area contributed by atoms with E-state index in [1.807, 2.05) is 0 Å². The molecule has 1 fully saturated rings. The number of aryl methyl sites for hydroxylation is 2. The van der Waals surface area contributed by atoms with Gasteiger partial charge in [0.15, 0.2) is 0 Å². The van der Waals surface area contributed by atoms with Gasteiger partial charge in [-0.25, -0.2) is 0 Å². The molecule has 0 amide bonds. The Kier molecular flexibility index (Phi) is 3.98. The molecule has 2 aliphatic rings. The lowest BCUT2D eigenvalue weighted by Gasteiger charge is -2.44. The van der Waals surface area contributed by atoms with Crippen LogP contribution in [0.3, 0.4) is 0 Å². The number of benzene rings is 1. The number of hydrogen-bond acceptors (Lipinski definition) is 3. The summed E-state index contributed by atoms with van der Waals surface area (Å²) in [4.78, 5) is 2.59. The average molecular weight is 288 g/mol. The minimum Gasteiger partial charge on any atom is -0.485 e. The molecule has 2 atom stereocenters. The Morgan fingerprint density at radius 2 is 2.05 bits per heavy atom. The molecule has 0 aromatic heterocycles. The van der Waals surface area contributed by atoms with Crippen molar-refractivity contribution in [1.29, 1.82) is 0 Å². The quantitative estimate of drug-likeness (QED) is 0.924. The van der Waals surface area contributed by atoms with E-state index in [1.54, 1.807) is 0 Å². The second-order valence-corrected chi connectivity index (χ2v) is 6.65. The van der Waals surface area contributed by atoms with Crippen LogP contribution in [-0.2, 0) is 0 Å². The van der Waals surface area contributed by atoms with E-state index >= 15 is 0 Å². The van der Waals surface area contributed by atoms with Gasteiger partial charge in [-0.15, -0.1) is 0 Å². The van der Waals surface area contributed by atoms with E-state index < -0.39 is 0 Å². The normalized spacial score (nSPS) is 28.0. The monoisotopic (exact) mass is 288 g/mol. The number of ether oxygens (including phenoxy) is 1. The van der Waals surface area contributed by atoms with E-state index in [4.69, 9.17) is 4.74 Å². The maximum atomic E-state index is 6.52. The van der Waals surface area contributed by atoms with Crippen LogP contribution in [0.2, 0.25) is 0 Å². The summed E-state index contributed by atoms with van der Waals surface area (Å²) in [7, 11) is 0. The van der Waals surface area contributed by atoms with E-state index in [9.17, 15) is 0 Å². The lowest BCUT2D eigenvalue weighted by molar-refractivity contribution is 0.0190. The van der Waals surface area contributed by atoms with Crippen LogP contribution in [0.5, 0.6) is 5.75 Å². The summed E-state index contributed by atoms with van der Waals surface area (Å²) < 4.78 is 6.52. The molecule has 3 nitrogen and oxygen atoms in total. The zero-order valence-corrected chi connectivity index (χ0v) is 13.8. The number of hydrogen-bond donors (Lipinski definition) is 1. The van der Waals surface area contributed by atoms with Crippen molar-refractivity contribution < 1.29 is 4.74 Å². The van der Waals surface area contributed by atoms with Crippen molar-refractivity contribution in [3.8, 4) is 5.75 Å². The Labute approximate surface area is 128 Å². The summed E-state index contributed by atoms with van der Waals surface area (Å²) in [5.41, 5.74) is 4.10. The van der Waals surface area contributed by atoms with Gasteiger partial charge in [0.25, 0.3) is 0 Å². The van der Waals surface area contributed by atoms with E-state index in [2.05, 4.69) is 50.0 Å². The molecule has 2 unspecified atom stereocenters. The van der Waals surface area contributed by atoms with Crippen molar-refractivity contribution in [2.75, 3.05) is 26.2 Å². The van der Waals surface area contributed by atoms with Crippen LogP contribution in [0, 0.1) is 13.8 Å². The third kappa shape index (κ3) is 2.58. The fourth-order valence-electron chi connectivity index (χ4n) is 4.14. The van der Waals surface area contributed by atoms with Crippen LogP contribution < -0.4 is 10.1 Å². The lowest BCUT2D eigenvalue weighted by atomic mass is 9.83. The van der Waals surface area contributed by atoms with Crippen LogP contribution in [0.1, 0.15) is 49.4 Å². The molecule has 3 heteroatoms. The van der Waals surface area contributed by atoms with Crippen LogP contribution in [0.4, 0.5) is 0 Å². The molecular formula is C18H28N2O.